The summed E-state index contributed by atoms with van der Waals surface area (Å²) in [5.74, 6) is -0.243. The molecule has 0 aromatic heterocycles. The average Bonchev–Trinajstić information content (AvgIpc) is 2.94. The van der Waals surface area contributed by atoms with E-state index in [-0.39, 0.29) is 11.8 Å². The highest BCUT2D eigenvalue weighted by molar-refractivity contribution is 6.06. The van der Waals surface area contributed by atoms with Gasteiger partial charge < -0.3 is 20.4 Å². The van der Waals surface area contributed by atoms with Crippen LogP contribution in [0, 0.1) is 0 Å². The maximum atomic E-state index is 13.3. The number of unbranched alkanes of at least 4 members (excludes halogenated alkanes) is 3. The fourth-order valence-electron chi connectivity index (χ4n) is 4.95. The molecule has 6 nitrogen and oxygen atoms in total. The summed E-state index contributed by atoms with van der Waals surface area (Å²) in [6.45, 7) is 11.7. The Balaban J connectivity index is 1.69. The van der Waals surface area contributed by atoms with Gasteiger partial charge in [-0.3, -0.25) is 9.59 Å². The molecule has 6 heteroatoms. The minimum absolute atomic E-state index is 0.0868. The van der Waals surface area contributed by atoms with Gasteiger partial charge in [0, 0.05) is 43.1 Å². The third kappa shape index (κ3) is 8.89. The smallest absolute Gasteiger partial charge is 0.255 e. The Hall–Kier alpha value is -2.86. The molecule has 0 spiro atoms. The summed E-state index contributed by atoms with van der Waals surface area (Å²) in [6.07, 6.45) is 9.48. The van der Waals surface area contributed by atoms with E-state index in [1.165, 1.54) is 37.7 Å². The number of anilines is 2. The van der Waals surface area contributed by atoms with Gasteiger partial charge in [0.25, 0.3) is 11.8 Å². The molecule has 1 aliphatic heterocycles. The number of nitrogens with one attached hydrogen (secondary N) is 2. The van der Waals surface area contributed by atoms with Crippen LogP contribution in [0.2, 0.25) is 0 Å². The highest BCUT2D eigenvalue weighted by atomic mass is 16.2. The molecule has 3 rings (SSSR count). The van der Waals surface area contributed by atoms with Crippen molar-refractivity contribution in [2.45, 2.75) is 72.1 Å². The first-order valence-corrected chi connectivity index (χ1v) is 14.4. The number of carbonyl (C=O) groups is 2. The molecule has 0 radical (unpaired) electrons. The molecule has 1 saturated heterocycles. The summed E-state index contributed by atoms with van der Waals surface area (Å²) in [6, 6.07) is 13.6. The van der Waals surface area contributed by atoms with Crippen molar-refractivity contribution in [1.29, 1.82) is 0 Å². The minimum Gasteiger partial charge on any atom is -0.371 e. The van der Waals surface area contributed by atoms with Crippen molar-refractivity contribution in [2.75, 3.05) is 49.5 Å². The SMILES string of the molecule is CCCCCCc1ccc(C(=O)Nc2ccc(N3CCCCC3)c(C(=O)NCCN(CC)CC)c2)cc1. The van der Waals surface area contributed by atoms with Gasteiger partial charge in [0.05, 0.1) is 5.56 Å². The van der Waals surface area contributed by atoms with E-state index in [4.69, 9.17) is 0 Å². The highest BCUT2D eigenvalue weighted by Gasteiger charge is 2.20. The molecule has 0 atom stereocenters. The van der Waals surface area contributed by atoms with Crippen molar-refractivity contribution in [3.63, 3.8) is 0 Å². The zero-order chi connectivity index (χ0) is 26.5. The van der Waals surface area contributed by atoms with Crippen LogP contribution in [0.1, 0.15) is 92.0 Å². The van der Waals surface area contributed by atoms with E-state index in [1.54, 1.807) is 0 Å². The van der Waals surface area contributed by atoms with Gasteiger partial charge in [0.1, 0.15) is 0 Å². The molecule has 2 aromatic rings. The molecule has 0 aliphatic carbocycles. The van der Waals surface area contributed by atoms with Crippen LogP contribution in [0.5, 0.6) is 0 Å². The number of likely N-dealkylation sites (N-methyl/N-ethyl adjacent to an activating group) is 1. The quantitative estimate of drug-likeness (QED) is 0.303. The van der Waals surface area contributed by atoms with Crippen LogP contribution >= 0.6 is 0 Å². The van der Waals surface area contributed by atoms with Crippen LogP contribution in [0.25, 0.3) is 0 Å². The lowest BCUT2D eigenvalue weighted by Crippen LogP contribution is -2.36. The predicted molar refractivity (Wildman–Crippen MR) is 155 cm³/mol. The monoisotopic (exact) mass is 506 g/mol. The average molecular weight is 507 g/mol. The van der Waals surface area contributed by atoms with Gasteiger partial charge in [-0.15, -0.1) is 0 Å². The van der Waals surface area contributed by atoms with Crippen LogP contribution in [0.15, 0.2) is 42.5 Å². The lowest BCUT2D eigenvalue weighted by atomic mass is 10.0. The summed E-state index contributed by atoms with van der Waals surface area (Å²) in [4.78, 5) is 30.8. The van der Waals surface area contributed by atoms with Crippen molar-refractivity contribution in [3.05, 3.63) is 59.2 Å². The van der Waals surface area contributed by atoms with Crippen LogP contribution < -0.4 is 15.5 Å². The fraction of sp³-hybridized carbons (Fsp3) is 0.548. The molecule has 1 aliphatic rings. The number of benzene rings is 2. The Labute approximate surface area is 223 Å². The molecule has 0 bridgehead atoms. The lowest BCUT2D eigenvalue weighted by molar-refractivity contribution is 0.0948. The van der Waals surface area contributed by atoms with Crippen molar-refractivity contribution < 1.29 is 9.59 Å². The van der Waals surface area contributed by atoms with Gasteiger partial charge in [0.15, 0.2) is 0 Å². The van der Waals surface area contributed by atoms with Crippen molar-refractivity contribution >= 4 is 23.2 Å². The highest BCUT2D eigenvalue weighted by Crippen LogP contribution is 2.27. The van der Waals surface area contributed by atoms with E-state index < -0.39 is 0 Å². The van der Waals surface area contributed by atoms with Gasteiger partial charge >= 0.3 is 0 Å². The first-order chi connectivity index (χ1) is 18.0. The molecule has 1 fully saturated rings. The Morgan fingerprint density at radius 3 is 2.27 bits per heavy atom. The van der Waals surface area contributed by atoms with Gasteiger partial charge in [-0.25, -0.2) is 0 Å². The third-order valence-electron chi connectivity index (χ3n) is 7.34. The van der Waals surface area contributed by atoms with Crippen LogP contribution in [0.4, 0.5) is 11.4 Å². The Kier molecular flexibility index (Phi) is 12.0. The molecule has 2 N–H and O–H groups in total. The number of rotatable bonds is 14. The molecular weight excluding hydrogens is 460 g/mol. The van der Waals surface area contributed by atoms with Crippen molar-refractivity contribution in [2.24, 2.45) is 0 Å². The second kappa shape index (κ2) is 15.4. The van der Waals surface area contributed by atoms with Crippen LogP contribution in [-0.2, 0) is 6.42 Å². The molecule has 37 heavy (non-hydrogen) atoms. The predicted octanol–water partition coefficient (Wildman–Crippen LogP) is 6.12. The van der Waals surface area contributed by atoms with Gasteiger partial charge in [-0.1, -0.05) is 52.2 Å². The number of amides is 2. The van der Waals surface area contributed by atoms with Crippen molar-refractivity contribution in [3.8, 4) is 0 Å². The number of hydrogen-bond acceptors (Lipinski definition) is 4. The van der Waals surface area contributed by atoms with Crippen LogP contribution in [0.3, 0.4) is 0 Å². The standard InChI is InChI=1S/C31H46N4O2/c1-4-7-8-10-13-25-14-16-26(17-15-25)30(36)33-27-18-19-29(35-21-11-9-12-22-35)28(24-27)31(37)32-20-23-34(5-2)6-3/h14-19,24H,4-13,20-23H2,1-3H3,(H,32,37)(H,33,36). The van der Waals surface area contributed by atoms with Crippen LogP contribution in [-0.4, -0.2) is 56.0 Å². The van der Waals surface area contributed by atoms with Gasteiger partial charge in [-0.2, -0.15) is 0 Å². The van der Waals surface area contributed by atoms with E-state index in [1.807, 2.05) is 30.3 Å². The van der Waals surface area contributed by atoms with E-state index in [0.717, 1.165) is 57.7 Å². The second-order valence-electron chi connectivity index (χ2n) is 10.0. The molecule has 1 heterocycles. The van der Waals surface area contributed by atoms with E-state index in [9.17, 15) is 9.59 Å². The number of carbonyl (C=O) groups excluding carboxylic acids is 2. The molecule has 0 unspecified atom stereocenters. The Morgan fingerprint density at radius 2 is 1.59 bits per heavy atom. The Morgan fingerprint density at radius 1 is 0.865 bits per heavy atom. The molecule has 202 valence electrons. The first kappa shape index (κ1) is 28.7. The topological polar surface area (TPSA) is 64.7 Å². The van der Waals surface area contributed by atoms with E-state index >= 15 is 0 Å². The third-order valence-corrected chi connectivity index (χ3v) is 7.34. The molecule has 0 saturated carbocycles. The number of hydrogen-bond donors (Lipinski definition) is 2. The zero-order valence-electron chi connectivity index (χ0n) is 23.2. The summed E-state index contributed by atoms with van der Waals surface area (Å²) < 4.78 is 0. The summed E-state index contributed by atoms with van der Waals surface area (Å²) in [5, 5.41) is 6.11. The largest absolute Gasteiger partial charge is 0.371 e. The lowest BCUT2D eigenvalue weighted by Gasteiger charge is -2.30. The Bertz CT molecular complexity index is 979. The summed E-state index contributed by atoms with van der Waals surface area (Å²) >= 11 is 0. The second-order valence-corrected chi connectivity index (χ2v) is 10.0. The fourth-order valence-corrected chi connectivity index (χ4v) is 4.95. The maximum absolute atomic E-state index is 13.3. The van der Waals surface area contributed by atoms with Gasteiger partial charge in [-0.05, 0) is 81.1 Å². The normalized spacial score (nSPS) is 13.6. The summed E-state index contributed by atoms with van der Waals surface area (Å²) in [5.41, 5.74) is 4.11. The van der Waals surface area contributed by atoms with E-state index in [2.05, 4.69) is 53.3 Å². The molecule has 2 aromatic carbocycles. The van der Waals surface area contributed by atoms with Crippen molar-refractivity contribution in [1.82, 2.24) is 10.2 Å². The number of aryl methyl sites for hydroxylation is 1. The minimum atomic E-state index is -0.156. The molecule has 2 amide bonds. The number of nitrogens with zero attached hydrogens (tertiary/aromatic N) is 2. The molecular formula is C31H46N4O2. The van der Waals surface area contributed by atoms with Gasteiger partial charge in [0.2, 0.25) is 0 Å². The summed E-state index contributed by atoms with van der Waals surface area (Å²) in [7, 11) is 0. The zero-order valence-corrected chi connectivity index (χ0v) is 23.2. The van der Waals surface area contributed by atoms with E-state index in [0.29, 0.717) is 23.4 Å². The number of piperidine rings is 1. The first-order valence-electron chi connectivity index (χ1n) is 14.4. The maximum Gasteiger partial charge on any atom is 0.255 e.